The molecule has 0 bridgehead atoms. The summed E-state index contributed by atoms with van der Waals surface area (Å²) in [6.45, 7) is 4.66. The van der Waals surface area contributed by atoms with Gasteiger partial charge in [-0.1, -0.05) is 0 Å². The standard InChI is InChI=1S/C11H21NO9/c1-11(2,3)21-10(20)12-8(17)6(15)4(13)5(14)7(16)9(18)19/h4-8,13-17H,1-3H3,(H,12,20)(H,18,19). The number of amides is 1. The minimum atomic E-state index is -2.37. The first-order valence-electron chi connectivity index (χ1n) is 5.99. The molecule has 10 heteroatoms. The van der Waals surface area contributed by atoms with Crippen molar-refractivity contribution in [2.75, 3.05) is 0 Å². The molecule has 7 N–H and O–H groups in total. The maximum atomic E-state index is 11.3. The molecule has 5 unspecified atom stereocenters. The van der Waals surface area contributed by atoms with Gasteiger partial charge in [0.2, 0.25) is 0 Å². The van der Waals surface area contributed by atoms with Crippen molar-refractivity contribution in [3.63, 3.8) is 0 Å². The van der Waals surface area contributed by atoms with Crippen LogP contribution in [0.2, 0.25) is 0 Å². The van der Waals surface area contributed by atoms with Crippen molar-refractivity contribution in [1.29, 1.82) is 0 Å². The van der Waals surface area contributed by atoms with Crippen LogP contribution >= 0.6 is 0 Å². The molecule has 0 aliphatic carbocycles. The molecule has 0 radical (unpaired) electrons. The van der Waals surface area contributed by atoms with E-state index in [0.29, 0.717) is 0 Å². The Balaban J connectivity index is 4.59. The zero-order valence-corrected chi connectivity index (χ0v) is 11.8. The SMILES string of the molecule is CC(C)(C)OC(=O)NC(O)C(O)C(O)C(O)C(O)C(=O)O. The number of carbonyl (C=O) groups is 2. The Kier molecular flexibility index (Phi) is 7.00. The zero-order chi connectivity index (χ0) is 17.0. The van der Waals surface area contributed by atoms with Crippen molar-refractivity contribution in [1.82, 2.24) is 5.32 Å². The number of carboxylic acids is 1. The highest BCUT2D eigenvalue weighted by atomic mass is 16.6. The van der Waals surface area contributed by atoms with Crippen molar-refractivity contribution < 1.29 is 45.0 Å². The number of hydrogen-bond donors (Lipinski definition) is 7. The Morgan fingerprint density at radius 1 is 0.952 bits per heavy atom. The summed E-state index contributed by atoms with van der Waals surface area (Å²) < 4.78 is 4.78. The molecule has 0 saturated carbocycles. The molecule has 0 aromatic carbocycles. The molecule has 0 aromatic rings. The number of rotatable bonds is 6. The number of carboxylic acid groups (broad SMARTS) is 1. The van der Waals surface area contributed by atoms with Crippen LogP contribution in [0.4, 0.5) is 4.79 Å². The maximum Gasteiger partial charge on any atom is 0.409 e. The van der Waals surface area contributed by atoms with E-state index in [1.54, 1.807) is 26.1 Å². The minimum absolute atomic E-state index is 0.869. The maximum absolute atomic E-state index is 11.3. The lowest BCUT2D eigenvalue weighted by atomic mass is 10.0. The first-order chi connectivity index (χ1) is 9.36. The molecule has 0 heterocycles. The largest absolute Gasteiger partial charge is 0.479 e. The minimum Gasteiger partial charge on any atom is -0.479 e. The van der Waals surface area contributed by atoms with Gasteiger partial charge in [0, 0.05) is 0 Å². The predicted octanol–water partition coefficient (Wildman–Crippen LogP) is -2.64. The fourth-order valence-corrected chi connectivity index (χ4v) is 1.24. The average molecular weight is 311 g/mol. The van der Waals surface area contributed by atoms with E-state index in [-0.39, 0.29) is 0 Å². The molecule has 124 valence electrons. The summed E-state index contributed by atoms with van der Waals surface area (Å²) in [5, 5.41) is 56.9. The van der Waals surface area contributed by atoms with Crippen molar-refractivity contribution in [2.24, 2.45) is 0 Å². The van der Waals surface area contributed by atoms with Crippen LogP contribution in [-0.4, -0.2) is 78.9 Å². The molecule has 0 spiro atoms. The van der Waals surface area contributed by atoms with Crippen LogP contribution in [0.15, 0.2) is 0 Å². The number of carbonyl (C=O) groups excluding carboxylic acids is 1. The highest BCUT2D eigenvalue weighted by Gasteiger charge is 2.38. The van der Waals surface area contributed by atoms with Gasteiger partial charge in [0.05, 0.1) is 0 Å². The van der Waals surface area contributed by atoms with E-state index in [1.165, 1.54) is 0 Å². The molecule has 5 atom stereocenters. The summed E-state index contributed by atoms with van der Waals surface area (Å²) in [4.78, 5) is 21.7. The lowest BCUT2D eigenvalue weighted by Gasteiger charge is -2.28. The summed E-state index contributed by atoms with van der Waals surface area (Å²) in [5.74, 6) is -1.83. The van der Waals surface area contributed by atoms with Crippen LogP contribution in [0.3, 0.4) is 0 Å². The molecule has 1 amide bonds. The summed E-state index contributed by atoms with van der Waals surface area (Å²) >= 11 is 0. The molecule has 21 heavy (non-hydrogen) atoms. The number of alkyl carbamates (subject to hydrolysis) is 1. The van der Waals surface area contributed by atoms with Gasteiger partial charge in [0.25, 0.3) is 0 Å². The normalized spacial score (nSPS) is 19.0. The van der Waals surface area contributed by atoms with E-state index in [9.17, 15) is 30.0 Å². The lowest BCUT2D eigenvalue weighted by molar-refractivity contribution is -0.169. The Morgan fingerprint density at radius 2 is 1.43 bits per heavy atom. The monoisotopic (exact) mass is 311 g/mol. The summed E-state index contributed by atoms with van der Waals surface area (Å²) in [6, 6.07) is 0. The lowest BCUT2D eigenvalue weighted by Crippen LogP contribution is -2.55. The number of aliphatic carboxylic acids is 1. The first-order valence-corrected chi connectivity index (χ1v) is 5.99. The van der Waals surface area contributed by atoms with Gasteiger partial charge in [0.15, 0.2) is 12.3 Å². The van der Waals surface area contributed by atoms with E-state index < -0.39 is 48.3 Å². The number of hydrogen-bond acceptors (Lipinski definition) is 8. The quantitative estimate of drug-likeness (QED) is 0.258. The molecule has 0 fully saturated rings. The number of nitrogens with one attached hydrogen (secondary N) is 1. The molecular formula is C11H21NO9. The Labute approximate surface area is 120 Å². The van der Waals surface area contributed by atoms with Crippen LogP contribution in [0, 0.1) is 0 Å². The molecule has 0 rings (SSSR count). The van der Waals surface area contributed by atoms with Gasteiger partial charge < -0.3 is 35.4 Å². The van der Waals surface area contributed by atoms with Gasteiger partial charge in [-0.05, 0) is 20.8 Å². The fourth-order valence-electron chi connectivity index (χ4n) is 1.24. The second-order valence-corrected chi connectivity index (χ2v) is 5.35. The van der Waals surface area contributed by atoms with Gasteiger partial charge >= 0.3 is 12.1 Å². The first kappa shape index (κ1) is 19.5. The van der Waals surface area contributed by atoms with Gasteiger partial charge in [0.1, 0.15) is 23.9 Å². The highest BCUT2D eigenvalue weighted by molar-refractivity contribution is 5.72. The second kappa shape index (κ2) is 7.52. The van der Waals surface area contributed by atoms with Gasteiger partial charge in [-0.15, -0.1) is 0 Å². The fraction of sp³-hybridized carbons (Fsp3) is 0.818. The molecule has 0 saturated heterocycles. The van der Waals surface area contributed by atoms with Crippen molar-refractivity contribution in [3.05, 3.63) is 0 Å². The van der Waals surface area contributed by atoms with Gasteiger partial charge in [-0.25, -0.2) is 9.59 Å². The van der Waals surface area contributed by atoms with E-state index in [4.69, 9.17) is 14.9 Å². The van der Waals surface area contributed by atoms with E-state index in [2.05, 4.69) is 0 Å². The van der Waals surface area contributed by atoms with Crippen molar-refractivity contribution in [3.8, 4) is 0 Å². The summed E-state index contributed by atoms with van der Waals surface area (Å²) in [6.07, 6.45) is -12.2. The van der Waals surface area contributed by atoms with Crippen LogP contribution in [0.25, 0.3) is 0 Å². The highest BCUT2D eigenvalue weighted by Crippen LogP contribution is 2.10. The van der Waals surface area contributed by atoms with Crippen molar-refractivity contribution in [2.45, 2.75) is 57.0 Å². The van der Waals surface area contributed by atoms with E-state index in [1.807, 2.05) is 0 Å². The third-order valence-electron chi connectivity index (χ3n) is 2.26. The topological polar surface area (TPSA) is 177 Å². The zero-order valence-electron chi connectivity index (χ0n) is 11.8. The molecule has 0 aliphatic heterocycles. The third kappa shape index (κ3) is 6.69. The predicted molar refractivity (Wildman–Crippen MR) is 67.0 cm³/mol. The molecule has 0 aromatic heterocycles. The molecular weight excluding hydrogens is 290 g/mol. The number of aliphatic hydroxyl groups excluding tert-OH is 5. The van der Waals surface area contributed by atoms with Crippen LogP contribution < -0.4 is 5.32 Å². The number of ether oxygens (including phenoxy) is 1. The summed E-state index contributed by atoms with van der Waals surface area (Å²) in [5.41, 5.74) is -0.869. The Morgan fingerprint density at radius 3 is 1.81 bits per heavy atom. The third-order valence-corrected chi connectivity index (χ3v) is 2.26. The van der Waals surface area contributed by atoms with E-state index in [0.717, 1.165) is 0 Å². The van der Waals surface area contributed by atoms with Crippen LogP contribution in [0.1, 0.15) is 20.8 Å². The van der Waals surface area contributed by atoms with Crippen LogP contribution in [0.5, 0.6) is 0 Å². The number of aliphatic hydroxyl groups is 5. The molecule has 10 nitrogen and oxygen atoms in total. The molecule has 0 aliphatic rings. The smallest absolute Gasteiger partial charge is 0.409 e. The summed E-state index contributed by atoms with van der Waals surface area (Å²) in [7, 11) is 0. The van der Waals surface area contributed by atoms with Crippen LogP contribution in [-0.2, 0) is 9.53 Å². The van der Waals surface area contributed by atoms with Crippen molar-refractivity contribution >= 4 is 12.1 Å². The van der Waals surface area contributed by atoms with E-state index >= 15 is 0 Å². The second-order valence-electron chi connectivity index (χ2n) is 5.35. The average Bonchev–Trinajstić information content (AvgIpc) is 2.32. The van der Waals surface area contributed by atoms with Gasteiger partial charge in [-0.3, -0.25) is 5.32 Å². The Hall–Kier alpha value is -1.46. The Bertz CT molecular complexity index is 367. The van der Waals surface area contributed by atoms with Gasteiger partial charge in [-0.2, -0.15) is 0 Å².